The van der Waals surface area contributed by atoms with Gasteiger partial charge in [0.05, 0.1) is 12.6 Å². The maximum atomic E-state index is 12.9. The van der Waals surface area contributed by atoms with Gasteiger partial charge in [0.15, 0.2) is 0 Å². The van der Waals surface area contributed by atoms with Gasteiger partial charge in [-0.1, -0.05) is 116 Å². The lowest BCUT2D eigenvalue weighted by molar-refractivity contribution is -0.144. The number of unbranched alkanes of at least 4 members (excludes halogenated alkanes) is 14. The van der Waals surface area contributed by atoms with Gasteiger partial charge >= 0.3 is 5.97 Å². The molecule has 6 nitrogen and oxygen atoms in total. The molecule has 0 aliphatic heterocycles. The second-order valence-corrected chi connectivity index (χ2v) is 13.0. The summed E-state index contributed by atoms with van der Waals surface area (Å²) in [6, 6.07) is -0.244. The van der Waals surface area contributed by atoms with Crippen molar-refractivity contribution in [2.24, 2.45) is 5.92 Å². The minimum atomic E-state index is -0.244. The predicted molar refractivity (Wildman–Crippen MR) is 186 cm³/mol. The molecule has 0 rings (SSSR count). The van der Waals surface area contributed by atoms with Crippen LogP contribution in [0.3, 0.4) is 0 Å². The van der Waals surface area contributed by atoms with Gasteiger partial charge in [-0.05, 0) is 71.4 Å². The van der Waals surface area contributed by atoms with Gasteiger partial charge in [-0.3, -0.25) is 9.59 Å². The van der Waals surface area contributed by atoms with E-state index in [0.29, 0.717) is 31.8 Å². The van der Waals surface area contributed by atoms with Crippen molar-refractivity contribution in [2.45, 2.75) is 168 Å². The Morgan fingerprint density at radius 3 is 1.91 bits per heavy atom. The SMILES string of the molecule is CCCCCCCC/C=C\CCCCCCCCNC(=O)C(CCCOC(=O)CCC(C)CCCCC)NCCN(C)C. The van der Waals surface area contributed by atoms with Gasteiger partial charge in [0.2, 0.25) is 5.91 Å². The molecule has 0 radical (unpaired) electrons. The van der Waals surface area contributed by atoms with Crippen LogP contribution in [0.4, 0.5) is 0 Å². The minimum Gasteiger partial charge on any atom is -0.466 e. The van der Waals surface area contributed by atoms with E-state index < -0.39 is 0 Å². The molecule has 0 aromatic carbocycles. The first-order chi connectivity index (χ1) is 20.9. The van der Waals surface area contributed by atoms with E-state index in [4.69, 9.17) is 4.74 Å². The van der Waals surface area contributed by atoms with Crippen molar-refractivity contribution < 1.29 is 14.3 Å². The van der Waals surface area contributed by atoms with E-state index in [-0.39, 0.29) is 17.9 Å². The summed E-state index contributed by atoms with van der Waals surface area (Å²) in [5.41, 5.74) is 0. The summed E-state index contributed by atoms with van der Waals surface area (Å²) < 4.78 is 5.48. The zero-order valence-electron chi connectivity index (χ0n) is 29.4. The fraction of sp³-hybridized carbons (Fsp3) is 0.892. The lowest BCUT2D eigenvalue weighted by atomic mass is 9.98. The summed E-state index contributed by atoms with van der Waals surface area (Å²) in [5.74, 6) is 0.530. The number of esters is 1. The van der Waals surface area contributed by atoms with Gasteiger partial charge in [0, 0.05) is 26.1 Å². The van der Waals surface area contributed by atoms with E-state index in [2.05, 4.69) is 48.5 Å². The Morgan fingerprint density at radius 2 is 1.28 bits per heavy atom. The van der Waals surface area contributed by atoms with Crippen LogP contribution in [0.25, 0.3) is 0 Å². The van der Waals surface area contributed by atoms with Crippen molar-refractivity contribution in [1.29, 1.82) is 0 Å². The number of amides is 1. The fourth-order valence-electron chi connectivity index (χ4n) is 5.29. The average Bonchev–Trinajstić information content (AvgIpc) is 2.98. The van der Waals surface area contributed by atoms with Crippen LogP contribution in [-0.2, 0) is 14.3 Å². The molecule has 1 amide bonds. The molecular weight excluding hydrogens is 534 g/mol. The number of carbonyl (C=O) groups excluding carboxylic acids is 2. The number of carbonyl (C=O) groups is 2. The average molecular weight is 608 g/mol. The number of allylic oxidation sites excluding steroid dienone is 2. The number of hydrogen-bond acceptors (Lipinski definition) is 5. The first-order valence-electron chi connectivity index (χ1n) is 18.4. The third-order valence-electron chi connectivity index (χ3n) is 8.30. The number of hydrogen-bond donors (Lipinski definition) is 2. The first-order valence-corrected chi connectivity index (χ1v) is 18.4. The van der Waals surface area contributed by atoms with Crippen molar-refractivity contribution in [3.05, 3.63) is 12.2 Å². The van der Waals surface area contributed by atoms with Crippen molar-refractivity contribution in [3.63, 3.8) is 0 Å². The number of likely N-dealkylation sites (N-methyl/N-ethyl adjacent to an activating group) is 1. The Kier molecular flexibility index (Phi) is 31.0. The van der Waals surface area contributed by atoms with E-state index in [0.717, 1.165) is 32.5 Å². The molecule has 0 heterocycles. The van der Waals surface area contributed by atoms with Crippen LogP contribution >= 0.6 is 0 Å². The number of nitrogens with zero attached hydrogens (tertiary/aromatic N) is 1. The third kappa shape index (κ3) is 30.4. The smallest absolute Gasteiger partial charge is 0.305 e. The predicted octanol–water partition coefficient (Wildman–Crippen LogP) is 8.98. The Morgan fingerprint density at radius 1 is 0.698 bits per heavy atom. The molecule has 0 saturated carbocycles. The van der Waals surface area contributed by atoms with Gasteiger partial charge in [0.25, 0.3) is 0 Å². The molecule has 0 spiro atoms. The molecule has 0 fully saturated rings. The van der Waals surface area contributed by atoms with Gasteiger partial charge in [-0.15, -0.1) is 0 Å². The van der Waals surface area contributed by atoms with E-state index in [1.54, 1.807) is 0 Å². The molecule has 0 bridgehead atoms. The molecule has 43 heavy (non-hydrogen) atoms. The summed E-state index contributed by atoms with van der Waals surface area (Å²) >= 11 is 0. The third-order valence-corrected chi connectivity index (χ3v) is 8.30. The maximum absolute atomic E-state index is 12.9. The second-order valence-electron chi connectivity index (χ2n) is 13.0. The number of ether oxygens (including phenoxy) is 1. The Labute approximate surface area is 267 Å². The monoisotopic (exact) mass is 608 g/mol. The van der Waals surface area contributed by atoms with Crippen molar-refractivity contribution in [3.8, 4) is 0 Å². The standard InChI is InChI=1S/C37H73N3O3/c1-6-8-10-11-12-13-14-15-16-17-18-19-20-21-22-24-30-39-37(42)35(38-31-32-40(4)5)27-25-33-43-36(41)29-28-34(3)26-23-9-7-2/h15-16,34-35,38H,6-14,17-33H2,1-5H3,(H,39,42)/b16-15-. The first kappa shape index (κ1) is 41.6. The van der Waals surface area contributed by atoms with Crippen molar-refractivity contribution in [1.82, 2.24) is 15.5 Å². The summed E-state index contributed by atoms with van der Waals surface area (Å²) in [6.45, 7) is 9.47. The molecule has 2 N–H and O–H groups in total. The van der Waals surface area contributed by atoms with Crippen molar-refractivity contribution >= 4 is 11.9 Å². The van der Waals surface area contributed by atoms with Crippen LogP contribution in [0, 0.1) is 5.92 Å². The molecule has 6 heteroatoms. The van der Waals surface area contributed by atoms with Gasteiger partial charge in [0.1, 0.15) is 0 Å². The van der Waals surface area contributed by atoms with Crippen LogP contribution in [-0.4, -0.2) is 63.2 Å². The summed E-state index contributed by atoms with van der Waals surface area (Å²) in [7, 11) is 4.07. The quantitative estimate of drug-likeness (QED) is 0.0454. The zero-order valence-corrected chi connectivity index (χ0v) is 29.4. The van der Waals surface area contributed by atoms with E-state index in [9.17, 15) is 9.59 Å². The van der Waals surface area contributed by atoms with Gasteiger partial charge < -0.3 is 20.3 Å². The van der Waals surface area contributed by atoms with E-state index in [1.807, 2.05) is 14.1 Å². The highest BCUT2D eigenvalue weighted by Gasteiger charge is 2.17. The molecule has 0 aromatic heterocycles. The highest BCUT2D eigenvalue weighted by atomic mass is 16.5. The largest absolute Gasteiger partial charge is 0.466 e. The highest BCUT2D eigenvalue weighted by molar-refractivity contribution is 5.81. The Balaban J connectivity index is 3.98. The summed E-state index contributed by atoms with van der Waals surface area (Å²) in [4.78, 5) is 27.2. The molecule has 254 valence electrons. The van der Waals surface area contributed by atoms with Gasteiger partial charge in [-0.25, -0.2) is 0 Å². The topological polar surface area (TPSA) is 70.7 Å². The normalized spacial score (nSPS) is 13.1. The van der Waals surface area contributed by atoms with Crippen LogP contribution in [0.5, 0.6) is 0 Å². The van der Waals surface area contributed by atoms with E-state index >= 15 is 0 Å². The molecular formula is C37H73N3O3. The highest BCUT2D eigenvalue weighted by Crippen LogP contribution is 2.15. The second kappa shape index (κ2) is 32.0. The lowest BCUT2D eigenvalue weighted by Gasteiger charge is -2.20. The molecule has 0 aliphatic carbocycles. The van der Waals surface area contributed by atoms with Crippen LogP contribution in [0.2, 0.25) is 0 Å². The molecule has 2 atom stereocenters. The molecule has 0 saturated heterocycles. The van der Waals surface area contributed by atoms with Gasteiger partial charge in [-0.2, -0.15) is 0 Å². The lowest BCUT2D eigenvalue weighted by Crippen LogP contribution is -2.46. The molecule has 0 aromatic rings. The Hall–Kier alpha value is -1.40. The maximum Gasteiger partial charge on any atom is 0.305 e. The van der Waals surface area contributed by atoms with Crippen LogP contribution in [0.15, 0.2) is 12.2 Å². The Bertz CT molecular complexity index is 653. The summed E-state index contributed by atoms with van der Waals surface area (Å²) in [5, 5.41) is 6.55. The zero-order chi connectivity index (χ0) is 31.8. The van der Waals surface area contributed by atoms with Crippen LogP contribution < -0.4 is 10.6 Å². The number of nitrogens with one attached hydrogen (secondary N) is 2. The van der Waals surface area contributed by atoms with E-state index in [1.165, 1.54) is 109 Å². The van der Waals surface area contributed by atoms with Crippen molar-refractivity contribution in [2.75, 3.05) is 40.3 Å². The summed E-state index contributed by atoms with van der Waals surface area (Å²) in [6.07, 6.45) is 30.5. The fourth-order valence-corrected chi connectivity index (χ4v) is 5.29. The van der Waals surface area contributed by atoms with Crippen LogP contribution in [0.1, 0.15) is 162 Å². The minimum absolute atomic E-state index is 0.0683. The number of rotatable bonds is 32. The molecule has 2 unspecified atom stereocenters. The molecule has 0 aliphatic rings.